The van der Waals surface area contributed by atoms with Gasteiger partial charge in [-0.25, -0.2) is 4.79 Å². The van der Waals surface area contributed by atoms with E-state index in [1.807, 2.05) is 0 Å². The van der Waals surface area contributed by atoms with Crippen LogP contribution in [0.15, 0.2) is 0 Å². The number of hydrogen-bond acceptors (Lipinski definition) is 5. The number of rotatable bonds is 1. The molecule has 0 aromatic carbocycles. The molecule has 1 saturated heterocycles. The molecule has 1 aliphatic heterocycles. The molecule has 0 N–H and O–H groups in total. The van der Waals surface area contributed by atoms with Crippen LogP contribution in [0.3, 0.4) is 0 Å². The molecule has 0 aliphatic carbocycles. The Morgan fingerprint density at radius 2 is 1.94 bits per heavy atom. The summed E-state index contributed by atoms with van der Waals surface area (Å²) in [6, 6.07) is 0. The number of Topliss-reactive ketones (excluding diaryl/α,β-unsaturated/α-hetero) is 1. The number of likely N-dealkylation sites (tertiary alicyclic amines) is 1. The van der Waals surface area contributed by atoms with Gasteiger partial charge in [0.15, 0.2) is 5.78 Å². The van der Waals surface area contributed by atoms with Crippen LogP contribution in [0.5, 0.6) is 0 Å². The highest BCUT2D eigenvalue weighted by Crippen LogP contribution is 2.17. The van der Waals surface area contributed by atoms with Gasteiger partial charge in [0.05, 0.1) is 13.7 Å². The van der Waals surface area contributed by atoms with Gasteiger partial charge >= 0.3 is 12.1 Å². The van der Waals surface area contributed by atoms with Crippen LogP contribution >= 0.6 is 0 Å². The van der Waals surface area contributed by atoms with Crippen LogP contribution in [0.4, 0.5) is 4.79 Å². The first-order chi connectivity index (χ1) is 7.74. The molecule has 6 nitrogen and oxygen atoms in total. The molecule has 1 aliphatic rings. The van der Waals surface area contributed by atoms with Gasteiger partial charge in [0.25, 0.3) is 0 Å². The lowest BCUT2D eigenvalue weighted by Crippen LogP contribution is -2.36. The zero-order chi connectivity index (χ0) is 13.2. The predicted molar refractivity (Wildman–Crippen MR) is 58.3 cm³/mol. The van der Waals surface area contributed by atoms with Crippen LogP contribution in [0.2, 0.25) is 0 Å². The summed E-state index contributed by atoms with van der Waals surface area (Å²) in [5.74, 6) is -1.81. The highest BCUT2D eigenvalue weighted by atomic mass is 16.6. The number of amides is 1. The van der Waals surface area contributed by atoms with E-state index in [1.165, 1.54) is 12.0 Å². The third-order valence-corrected chi connectivity index (χ3v) is 2.28. The van der Waals surface area contributed by atoms with E-state index in [2.05, 4.69) is 4.74 Å². The Hall–Kier alpha value is -1.59. The Kier molecular flexibility index (Phi) is 3.75. The zero-order valence-electron chi connectivity index (χ0n) is 10.5. The fraction of sp³-hybridized carbons (Fsp3) is 0.727. The highest BCUT2D eigenvalue weighted by Gasteiger charge is 2.40. The number of nitrogens with zero attached hydrogens (tertiary/aromatic N) is 1. The van der Waals surface area contributed by atoms with Gasteiger partial charge in [0.1, 0.15) is 11.5 Å². The Morgan fingerprint density at radius 3 is 2.41 bits per heavy atom. The van der Waals surface area contributed by atoms with Crippen LogP contribution in [0.25, 0.3) is 0 Å². The van der Waals surface area contributed by atoms with Gasteiger partial charge in [-0.2, -0.15) is 0 Å². The molecule has 1 atom stereocenters. The molecular weight excluding hydrogens is 226 g/mol. The van der Waals surface area contributed by atoms with Gasteiger partial charge < -0.3 is 9.47 Å². The second-order valence-electron chi connectivity index (χ2n) is 4.90. The molecule has 0 aromatic rings. The molecule has 0 unspecified atom stereocenters. The number of carbonyl (C=O) groups is 3. The van der Waals surface area contributed by atoms with Crippen molar-refractivity contribution in [2.24, 2.45) is 5.92 Å². The van der Waals surface area contributed by atoms with E-state index in [0.29, 0.717) is 0 Å². The van der Waals surface area contributed by atoms with E-state index in [-0.39, 0.29) is 18.9 Å². The third kappa shape index (κ3) is 3.44. The van der Waals surface area contributed by atoms with E-state index >= 15 is 0 Å². The predicted octanol–water partition coefficient (Wildman–Crippen LogP) is 0.595. The van der Waals surface area contributed by atoms with Crippen molar-refractivity contribution >= 4 is 17.8 Å². The van der Waals surface area contributed by atoms with Crippen molar-refractivity contribution in [2.75, 3.05) is 20.2 Å². The second kappa shape index (κ2) is 4.73. The minimum absolute atomic E-state index is 0.0282. The monoisotopic (exact) mass is 243 g/mol. The zero-order valence-corrected chi connectivity index (χ0v) is 10.5. The smallest absolute Gasteiger partial charge is 0.410 e. The van der Waals surface area contributed by atoms with E-state index < -0.39 is 23.6 Å². The van der Waals surface area contributed by atoms with E-state index in [1.54, 1.807) is 20.8 Å². The topological polar surface area (TPSA) is 72.9 Å². The van der Waals surface area contributed by atoms with Crippen LogP contribution in [-0.2, 0) is 19.1 Å². The van der Waals surface area contributed by atoms with Crippen molar-refractivity contribution in [1.82, 2.24) is 4.90 Å². The number of esters is 1. The molecule has 1 heterocycles. The van der Waals surface area contributed by atoms with Gasteiger partial charge in [0, 0.05) is 6.54 Å². The normalized spacial score (nSPS) is 20.4. The first kappa shape index (κ1) is 13.5. The van der Waals surface area contributed by atoms with Crippen molar-refractivity contribution in [1.29, 1.82) is 0 Å². The molecule has 17 heavy (non-hydrogen) atoms. The SMILES string of the molecule is COC(=O)[C@H]1CN(C(=O)OC(C)(C)C)CC1=O. The van der Waals surface area contributed by atoms with Crippen molar-refractivity contribution in [3.05, 3.63) is 0 Å². The van der Waals surface area contributed by atoms with Gasteiger partial charge in [-0.3, -0.25) is 14.5 Å². The lowest BCUT2D eigenvalue weighted by atomic mass is 10.1. The van der Waals surface area contributed by atoms with Gasteiger partial charge in [0.2, 0.25) is 0 Å². The summed E-state index contributed by atoms with van der Waals surface area (Å²) in [6.07, 6.45) is -0.586. The summed E-state index contributed by atoms with van der Waals surface area (Å²) in [6.45, 7) is 5.14. The van der Waals surface area contributed by atoms with Crippen molar-refractivity contribution in [3.8, 4) is 0 Å². The fourth-order valence-corrected chi connectivity index (χ4v) is 1.50. The molecule has 1 amide bonds. The van der Waals surface area contributed by atoms with E-state index in [4.69, 9.17) is 4.74 Å². The molecule has 1 fully saturated rings. The summed E-state index contributed by atoms with van der Waals surface area (Å²) in [5.41, 5.74) is -0.622. The average Bonchev–Trinajstić information content (AvgIpc) is 2.57. The molecule has 0 saturated carbocycles. The highest BCUT2D eigenvalue weighted by molar-refractivity contribution is 6.03. The van der Waals surface area contributed by atoms with Gasteiger partial charge in [-0.05, 0) is 20.8 Å². The van der Waals surface area contributed by atoms with Crippen molar-refractivity contribution in [3.63, 3.8) is 0 Å². The van der Waals surface area contributed by atoms with Crippen LogP contribution < -0.4 is 0 Å². The van der Waals surface area contributed by atoms with Gasteiger partial charge in [-0.15, -0.1) is 0 Å². The summed E-state index contributed by atoms with van der Waals surface area (Å²) >= 11 is 0. The minimum Gasteiger partial charge on any atom is -0.468 e. The fourth-order valence-electron chi connectivity index (χ4n) is 1.50. The van der Waals surface area contributed by atoms with Crippen LogP contribution in [0.1, 0.15) is 20.8 Å². The molecule has 0 aromatic heterocycles. The largest absolute Gasteiger partial charge is 0.468 e. The summed E-state index contributed by atoms with van der Waals surface area (Å²) in [7, 11) is 1.21. The maximum atomic E-state index is 11.7. The molecular formula is C11H17NO5. The Morgan fingerprint density at radius 1 is 1.35 bits per heavy atom. The summed E-state index contributed by atoms with van der Waals surface area (Å²) in [4.78, 5) is 35.6. The molecule has 0 bridgehead atoms. The number of methoxy groups -OCH3 is 1. The maximum absolute atomic E-state index is 11.7. The third-order valence-electron chi connectivity index (χ3n) is 2.28. The first-order valence-corrected chi connectivity index (χ1v) is 5.33. The number of hydrogen-bond donors (Lipinski definition) is 0. The molecule has 96 valence electrons. The number of carbonyl (C=O) groups excluding carboxylic acids is 3. The van der Waals surface area contributed by atoms with Gasteiger partial charge in [-0.1, -0.05) is 0 Å². The van der Waals surface area contributed by atoms with E-state index in [9.17, 15) is 14.4 Å². The summed E-state index contributed by atoms with van der Waals surface area (Å²) < 4.78 is 9.61. The minimum atomic E-state index is -0.882. The molecule has 0 spiro atoms. The van der Waals surface area contributed by atoms with Crippen LogP contribution in [0, 0.1) is 5.92 Å². The lowest BCUT2D eigenvalue weighted by molar-refractivity contribution is -0.147. The number of ether oxygens (including phenoxy) is 2. The Balaban J connectivity index is 2.63. The Bertz CT molecular complexity index is 344. The number of ketones is 1. The standard InChI is InChI=1S/C11H17NO5/c1-11(2,3)17-10(15)12-5-7(8(13)6-12)9(14)16-4/h7H,5-6H2,1-4H3/t7-/m0/s1. The first-order valence-electron chi connectivity index (χ1n) is 5.33. The Labute approximate surface area is 99.9 Å². The van der Waals surface area contributed by atoms with Crippen LogP contribution in [-0.4, -0.2) is 48.5 Å². The van der Waals surface area contributed by atoms with Crippen molar-refractivity contribution < 1.29 is 23.9 Å². The second-order valence-corrected chi connectivity index (χ2v) is 4.90. The lowest BCUT2D eigenvalue weighted by Gasteiger charge is -2.23. The molecule has 0 radical (unpaired) electrons. The van der Waals surface area contributed by atoms with Crippen molar-refractivity contribution in [2.45, 2.75) is 26.4 Å². The maximum Gasteiger partial charge on any atom is 0.410 e. The average molecular weight is 243 g/mol. The van der Waals surface area contributed by atoms with E-state index in [0.717, 1.165) is 0 Å². The summed E-state index contributed by atoms with van der Waals surface area (Å²) in [5, 5.41) is 0. The molecule has 6 heteroatoms. The quantitative estimate of drug-likeness (QED) is 0.498. The molecule has 1 rings (SSSR count).